The van der Waals surface area contributed by atoms with Gasteiger partial charge in [0.05, 0.1) is 19.8 Å². The molecule has 0 amide bonds. The second-order valence-corrected chi connectivity index (χ2v) is 4.42. The van der Waals surface area contributed by atoms with Crippen LogP contribution < -0.4 is 5.32 Å². The molecule has 0 aliphatic heterocycles. The van der Waals surface area contributed by atoms with Crippen molar-refractivity contribution in [3.05, 3.63) is 0 Å². The van der Waals surface area contributed by atoms with Crippen molar-refractivity contribution >= 4 is 0 Å². The maximum absolute atomic E-state index is 8.49. The molecule has 2 N–H and O–H groups in total. The third-order valence-electron chi connectivity index (χ3n) is 2.25. The van der Waals surface area contributed by atoms with E-state index < -0.39 is 0 Å². The lowest BCUT2D eigenvalue weighted by Gasteiger charge is -2.24. The van der Waals surface area contributed by atoms with E-state index in [9.17, 15) is 0 Å². The largest absolute Gasteiger partial charge is 0.394 e. The highest BCUT2D eigenvalue weighted by Crippen LogP contribution is 2.18. The molecule has 0 aromatic carbocycles. The number of rotatable bonds is 10. The lowest BCUT2D eigenvalue weighted by atomic mass is 9.90. The van der Waals surface area contributed by atoms with E-state index in [1.54, 1.807) is 7.11 Å². The van der Waals surface area contributed by atoms with E-state index in [2.05, 4.69) is 19.2 Å². The summed E-state index contributed by atoms with van der Waals surface area (Å²) in [6.45, 7) is 8.20. The van der Waals surface area contributed by atoms with Crippen molar-refractivity contribution in [3.8, 4) is 0 Å². The zero-order valence-electron chi connectivity index (χ0n) is 10.2. The third-order valence-corrected chi connectivity index (χ3v) is 2.25. The second kappa shape index (κ2) is 9.09. The predicted molar refractivity (Wildman–Crippen MR) is 61.0 cm³/mol. The van der Waals surface area contributed by atoms with Gasteiger partial charge in [0.2, 0.25) is 0 Å². The Bertz CT molecular complexity index is 140. The average molecular weight is 219 g/mol. The van der Waals surface area contributed by atoms with Gasteiger partial charge >= 0.3 is 0 Å². The molecule has 92 valence electrons. The van der Waals surface area contributed by atoms with Crippen molar-refractivity contribution in [2.24, 2.45) is 5.41 Å². The molecule has 0 saturated heterocycles. The van der Waals surface area contributed by atoms with Crippen molar-refractivity contribution in [3.63, 3.8) is 0 Å². The number of hydrogen-bond donors (Lipinski definition) is 2. The van der Waals surface area contributed by atoms with Crippen LogP contribution in [-0.4, -0.2) is 51.7 Å². The number of aliphatic hydroxyl groups is 1. The van der Waals surface area contributed by atoms with Gasteiger partial charge in [0.15, 0.2) is 0 Å². The van der Waals surface area contributed by atoms with Crippen molar-refractivity contribution in [2.75, 3.05) is 46.6 Å². The maximum Gasteiger partial charge on any atom is 0.0698 e. The van der Waals surface area contributed by atoms with Crippen LogP contribution in [0.2, 0.25) is 0 Å². The monoisotopic (exact) mass is 219 g/mol. The predicted octanol–water partition coefficient (Wildman–Crippen LogP) is 0.648. The normalized spacial score (nSPS) is 12.0. The number of methoxy groups -OCH3 is 1. The van der Waals surface area contributed by atoms with Crippen LogP contribution in [0.25, 0.3) is 0 Å². The smallest absolute Gasteiger partial charge is 0.0698 e. The van der Waals surface area contributed by atoms with Crippen molar-refractivity contribution in [1.82, 2.24) is 5.32 Å². The molecule has 0 bridgehead atoms. The van der Waals surface area contributed by atoms with Crippen molar-refractivity contribution in [2.45, 2.75) is 20.3 Å². The molecule has 4 nitrogen and oxygen atoms in total. The molecule has 0 aliphatic rings. The van der Waals surface area contributed by atoms with Gasteiger partial charge in [-0.1, -0.05) is 13.8 Å². The van der Waals surface area contributed by atoms with Crippen LogP contribution in [0.5, 0.6) is 0 Å². The van der Waals surface area contributed by atoms with Gasteiger partial charge in [-0.3, -0.25) is 0 Å². The van der Waals surface area contributed by atoms with Crippen LogP contribution in [-0.2, 0) is 9.47 Å². The Hall–Kier alpha value is -0.160. The summed E-state index contributed by atoms with van der Waals surface area (Å²) in [5.41, 5.74) is 0.257. The summed E-state index contributed by atoms with van der Waals surface area (Å²) in [4.78, 5) is 0. The highest BCUT2D eigenvalue weighted by Gasteiger charge is 2.16. The lowest BCUT2D eigenvalue weighted by Crippen LogP contribution is -2.32. The minimum Gasteiger partial charge on any atom is -0.394 e. The maximum atomic E-state index is 8.49. The molecule has 0 heterocycles. The molecule has 0 saturated carbocycles. The minimum absolute atomic E-state index is 0.0966. The Labute approximate surface area is 93.0 Å². The summed E-state index contributed by atoms with van der Waals surface area (Å²) in [5.74, 6) is 0. The Morgan fingerprint density at radius 2 is 1.93 bits per heavy atom. The van der Waals surface area contributed by atoms with E-state index in [0.29, 0.717) is 13.2 Å². The molecule has 0 radical (unpaired) electrons. The number of nitrogens with one attached hydrogen (secondary N) is 1. The Balaban J connectivity index is 3.32. The van der Waals surface area contributed by atoms with Crippen LogP contribution in [0.3, 0.4) is 0 Å². The highest BCUT2D eigenvalue weighted by atomic mass is 16.5. The summed E-state index contributed by atoms with van der Waals surface area (Å²) in [7, 11) is 1.73. The van der Waals surface area contributed by atoms with Crippen LogP contribution >= 0.6 is 0 Å². The molecule has 0 fully saturated rings. The van der Waals surface area contributed by atoms with Crippen LogP contribution in [0, 0.1) is 5.41 Å². The second-order valence-electron chi connectivity index (χ2n) is 4.42. The van der Waals surface area contributed by atoms with Gasteiger partial charge in [0, 0.05) is 26.8 Å². The molecule has 0 rings (SSSR count). The van der Waals surface area contributed by atoms with Gasteiger partial charge in [-0.2, -0.15) is 0 Å². The Morgan fingerprint density at radius 3 is 2.53 bits per heavy atom. The highest BCUT2D eigenvalue weighted by molar-refractivity contribution is 4.71. The first-order valence-electron chi connectivity index (χ1n) is 5.50. The first kappa shape index (κ1) is 14.8. The SMILES string of the molecule is COCCC(C)(C)CNCCOCCO. The fourth-order valence-corrected chi connectivity index (χ4v) is 1.20. The zero-order valence-corrected chi connectivity index (χ0v) is 10.2. The number of hydrogen-bond acceptors (Lipinski definition) is 4. The standard InChI is InChI=1S/C11H25NO3/c1-11(2,4-7-14-3)10-12-5-8-15-9-6-13/h12-13H,4-10H2,1-3H3. The van der Waals surface area contributed by atoms with Gasteiger partial charge in [0.1, 0.15) is 0 Å². The van der Waals surface area contributed by atoms with Gasteiger partial charge in [-0.05, 0) is 11.8 Å². The molecular weight excluding hydrogens is 194 g/mol. The van der Waals surface area contributed by atoms with Crippen LogP contribution in [0.15, 0.2) is 0 Å². The summed E-state index contributed by atoms with van der Waals surface area (Å²) in [5, 5.41) is 11.8. The topological polar surface area (TPSA) is 50.7 Å². The quantitative estimate of drug-likeness (QED) is 0.530. The fourth-order valence-electron chi connectivity index (χ4n) is 1.20. The van der Waals surface area contributed by atoms with Crippen molar-refractivity contribution in [1.29, 1.82) is 0 Å². The summed E-state index contributed by atoms with van der Waals surface area (Å²) in [6.07, 6.45) is 1.05. The van der Waals surface area contributed by atoms with E-state index in [-0.39, 0.29) is 12.0 Å². The minimum atomic E-state index is 0.0966. The van der Waals surface area contributed by atoms with E-state index in [1.807, 2.05) is 0 Å². The molecule has 0 atom stereocenters. The van der Waals surface area contributed by atoms with Gasteiger partial charge in [0.25, 0.3) is 0 Å². The van der Waals surface area contributed by atoms with E-state index in [4.69, 9.17) is 14.6 Å². The van der Waals surface area contributed by atoms with E-state index in [0.717, 1.165) is 26.1 Å². The molecular formula is C11H25NO3. The third kappa shape index (κ3) is 10.1. The average Bonchev–Trinajstić information content (AvgIpc) is 2.20. The first-order valence-corrected chi connectivity index (χ1v) is 5.50. The van der Waals surface area contributed by atoms with Gasteiger partial charge in [-0.15, -0.1) is 0 Å². The number of aliphatic hydroxyl groups excluding tert-OH is 1. The van der Waals surface area contributed by atoms with Gasteiger partial charge < -0.3 is 19.9 Å². The Kier molecular flexibility index (Phi) is 9.00. The molecule has 0 unspecified atom stereocenters. The summed E-state index contributed by atoms with van der Waals surface area (Å²) in [6, 6.07) is 0. The number of ether oxygens (including phenoxy) is 2. The van der Waals surface area contributed by atoms with Crippen molar-refractivity contribution < 1.29 is 14.6 Å². The molecule has 15 heavy (non-hydrogen) atoms. The Morgan fingerprint density at radius 1 is 1.20 bits per heavy atom. The summed E-state index contributed by atoms with van der Waals surface area (Å²) < 4.78 is 10.2. The molecule has 0 aromatic heterocycles. The molecule has 0 aliphatic carbocycles. The van der Waals surface area contributed by atoms with Crippen LogP contribution in [0.4, 0.5) is 0 Å². The van der Waals surface area contributed by atoms with Gasteiger partial charge in [-0.25, -0.2) is 0 Å². The summed E-state index contributed by atoms with van der Waals surface area (Å²) >= 11 is 0. The first-order chi connectivity index (χ1) is 7.12. The molecule has 0 aromatic rings. The van der Waals surface area contributed by atoms with E-state index in [1.165, 1.54) is 0 Å². The van der Waals surface area contributed by atoms with Crippen LogP contribution in [0.1, 0.15) is 20.3 Å². The molecule has 4 heteroatoms. The fraction of sp³-hybridized carbons (Fsp3) is 1.00. The lowest BCUT2D eigenvalue weighted by molar-refractivity contribution is 0.0914. The zero-order chi connectivity index (χ0) is 11.6. The van der Waals surface area contributed by atoms with E-state index >= 15 is 0 Å². The molecule has 0 spiro atoms.